The predicted molar refractivity (Wildman–Crippen MR) is 157 cm³/mol. The number of phenolic OH excluding ortho intramolecular Hbond substituents is 1. The molecule has 234 valence electrons. The summed E-state index contributed by atoms with van der Waals surface area (Å²) < 4.78 is 25.6. The molecular formula is C33H37FN2O8. The molecule has 1 heterocycles. The number of methoxy groups -OCH3 is 1. The zero-order chi connectivity index (χ0) is 31.9. The average molecular weight is 609 g/mol. The van der Waals surface area contributed by atoms with E-state index in [9.17, 15) is 34.4 Å². The van der Waals surface area contributed by atoms with Crippen LogP contribution in [0.25, 0.3) is 5.76 Å². The van der Waals surface area contributed by atoms with E-state index < -0.39 is 58.2 Å². The average Bonchev–Trinajstić information content (AvgIpc) is 3.61. The van der Waals surface area contributed by atoms with Gasteiger partial charge in [-0.2, -0.15) is 4.39 Å². The fourth-order valence-electron chi connectivity index (χ4n) is 7.96. The lowest BCUT2D eigenvalue weighted by molar-refractivity contribution is -0.129. The Morgan fingerprint density at radius 3 is 2.48 bits per heavy atom. The van der Waals surface area contributed by atoms with Crippen molar-refractivity contribution in [2.75, 3.05) is 27.7 Å². The van der Waals surface area contributed by atoms with Crippen molar-refractivity contribution in [2.24, 2.45) is 11.8 Å². The molecule has 44 heavy (non-hydrogen) atoms. The molecule has 2 aromatic rings. The van der Waals surface area contributed by atoms with Gasteiger partial charge in [0.25, 0.3) is 0 Å². The summed E-state index contributed by atoms with van der Waals surface area (Å²) in [5.41, 5.74) is -0.735. The van der Waals surface area contributed by atoms with Gasteiger partial charge in [0.1, 0.15) is 28.6 Å². The van der Waals surface area contributed by atoms with E-state index in [4.69, 9.17) is 9.47 Å². The number of rotatable bonds is 8. The SMILES string of the molecule is CCN(Cc1cc(O)c2c(c1OC)C[C@H]1C[C@H]3[C@H](N(C)C)C(O)=C(C(=O)F)C4(O)O[C@]34C(=O)C1=C2O)C(C)c1ccccc1. The van der Waals surface area contributed by atoms with Gasteiger partial charge >= 0.3 is 6.04 Å². The first-order valence-corrected chi connectivity index (χ1v) is 14.7. The second kappa shape index (κ2) is 10.4. The number of Topliss-reactive ketones (excluding diaryl/α,β-unsaturated/α-hetero) is 1. The summed E-state index contributed by atoms with van der Waals surface area (Å²) in [4.78, 5) is 29.9. The van der Waals surface area contributed by atoms with Crippen molar-refractivity contribution in [2.45, 2.75) is 56.7 Å². The van der Waals surface area contributed by atoms with Gasteiger partial charge in [-0.05, 0) is 58.0 Å². The first-order chi connectivity index (χ1) is 20.8. The number of halogens is 1. The van der Waals surface area contributed by atoms with Crippen LogP contribution < -0.4 is 4.74 Å². The van der Waals surface area contributed by atoms with Crippen molar-refractivity contribution >= 4 is 17.6 Å². The maximum absolute atomic E-state index is 14.2. The first kappa shape index (κ1) is 30.3. The number of aliphatic hydroxyl groups excluding tert-OH is 2. The maximum atomic E-state index is 14.2. The summed E-state index contributed by atoms with van der Waals surface area (Å²) in [6, 6.07) is 8.52. The fraction of sp³-hybridized carbons (Fsp3) is 0.455. The molecule has 0 bridgehead atoms. The van der Waals surface area contributed by atoms with Crippen molar-refractivity contribution in [1.29, 1.82) is 0 Å². The minimum Gasteiger partial charge on any atom is -0.510 e. The van der Waals surface area contributed by atoms with Gasteiger partial charge in [0.2, 0.25) is 11.6 Å². The summed E-state index contributed by atoms with van der Waals surface area (Å²) in [5, 5.41) is 45.1. The molecule has 2 unspecified atom stereocenters. The molecule has 6 rings (SSSR count). The Balaban J connectivity index is 1.44. The van der Waals surface area contributed by atoms with Crippen molar-refractivity contribution < 1.29 is 43.9 Å². The molecule has 2 aromatic carbocycles. The van der Waals surface area contributed by atoms with Crippen LogP contribution in [-0.2, 0) is 27.3 Å². The molecule has 1 saturated heterocycles. The summed E-state index contributed by atoms with van der Waals surface area (Å²) >= 11 is 0. The first-order valence-electron chi connectivity index (χ1n) is 14.7. The maximum Gasteiger partial charge on any atom is 0.337 e. The van der Waals surface area contributed by atoms with Gasteiger partial charge in [-0.25, -0.2) is 0 Å². The Bertz CT molecular complexity index is 1620. The number of carbonyl (C=O) groups excluding carboxylic acids is 2. The van der Waals surface area contributed by atoms with Crippen molar-refractivity contribution in [3.8, 4) is 11.5 Å². The number of nitrogens with zero attached hydrogens (tertiary/aromatic N) is 2. The third-order valence-electron chi connectivity index (χ3n) is 10.0. The van der Waals surface area contributed by atoms with Crippen LogP contribution in [0.3, 0.4) is 0 Å². The zero-order valence-corrected chi connectivity index (χ0v) is 25.3. The van der Waals surface area contributed by atoms with Crippen molar-refractivity contribution in [3.05, 3.63) is 75.6 Å². The lowest BCUT2D eigenvalue weighted by atomic mass is 9.58. The molecule has 2 fully saturated rings. The third kappa shape index (κ3) is 3.99. The van der Waals surface area contributed by atoms with E-state index in [1.54, 1.807) is 19.0 Å². The van der Waals surface area contributed by atoms with Crippen LogP contribution >= 0.6 is 0 Å². The number of hydrogen-bond donors (Lipinski definition) is 4. The van der Waals surface area contributed by atoms with Gasteiger partial charge in [-0.3, -0.25) is 19.4 Å². The largest absolute Gasteiger partial charge is 0.510 e. The van der Waals surface area contributed by atoms with E-state index in [1.165, 1.54) is 13.2 Å². The zero-order valence-electron chi connectivity index (χ0n) is 25.3. The minimum absolute atomic E-state index is 0.0449. The highest BCUT2D eigenvalue weighted by Crippen LogP contribution is 2.67. The highest BCUT2D eigenvalue weighted by Gasteiger charge is 2.86. The Labute approximate surface area is 254 Å². The third-order valence-corrected chi connectivity index (χ3v) is 10.0. The molecule has 4 N–H and O–H groups in total. The Hall–Kier alpha value is -3.77. The Morgan fingerprint density at radius 2 is 1.89 bits per heavy atom. The molecular weight excluding hydrogens is 571 g/mol. The fourth-order valence-corrected chi connectivity index (χ4v) is 7.96. The quantitative estimate of drug-likeness (QED) is 0.259. The highest BCUT2D eigenvalue weighted by molar-refractivity contribution is 6.13. The second-order valence-corrected chi connectivity index (χ2v) is 12.4. The van der Waals surface area contributed by atoms with E-state index in [2.05, 4.69) is 24.0 Å². The normalized spacial score (nSPS) is 29.7. The predicted octanol–water partition coefficient (Wildman–Crippen LogP) is 3.72. The van der Waals surface area contributed by atoms with Gasteiger partial charge in [-0.15, -0.1) is 0 Å². The van der Waals surface area contributed by atoms with Crippen molar-refractivity contribution in [3.63, 3.8) is 0 Å². The molecule has 4 aliphatic rings. The molecule has 6 atom stereocenters. The lowest BCUT2D eigenvalue weighted by Gasteiger charge is -2.45. The molecule has 0 aromatic heterocycles. The molecule has 3 aliphatic carbocycles. The topological polar surface area (TPSA) is 143 Å². The number of aliphatic hydroxyl groups is 3. The summed E-state index contributed by atoms with van der Waals surface area (Å²) in [7, 11) is 4.73. The standard InChI is InChI=1S/C33H37FN2O8/c1-6-36(16(2)17-10-8-7-9-11-17)15-19-14-22(37)24-20(29(19)43-5)12-18-13-21-26(35(3)4)28(39)25(31(34)41)33(42)32(21,44-33)30(40)23(18)27(24)38/h7-11,14,16,18,21,26,37-39,42H,6,12-13,15H2,1-5H3/t16?,18-,21-,26-,32-,33?/m0/s1. The van der Waals surface area contributed by atoms with Crippen LogP contribution in [0.1, 0.15) is 48.6 Å². The van der Waals surface area contributed by atoms with Crippen LogP contribution in [0.2, 0.25) is 0 Å². The van der Waals surface area contributed by atoms with Gasteiger partial charge in [0, 0.05) is 35.2 Å². The molecule has 0 amide bonds. The number of fused-ring (bicyclic) bond motifs is 2. The number of ketones is 1. The summed E-state index contributed by atoms with van der Waals surface area (Å²) in [6.45, 7) is 5.30. The van der Waals surface area contributed by atoms with E-state index in [0.29, 0.717) is 30.0 Å². The Morgan fingerprint density at radius 1 is 1.20 bits per heavy atom. The highest BCUT2D eigenvalue weighted by atomic mass is 19.1. The number of ether oxygens (including phenoxy) is 2. The smallest absolute Gasteiger partial charge is 0.337 e. The van der Waals surface area contributed by atoms with Crippen LogP contribution in [0.15, 0.2) is 53.3 Å². The molecule has 1 saturated carbocycles. The monoisotopic (exact) mass is 608 g/mol. The van der Waals surface area contributed by atoms with Gasteiger partial charge in [0.15, 0.2) is 5.60 Å². The van der Waals surface area contributed by atoms with Crippen LogP contribution in [-0.4, -0.2) is 87.2 Å². The summed E-state index contributed by atoms with van der Waals surface area (Å²) in [5.74, 6) is -5.88. The number of epoxide rings is 1. The second-order valence-electron chi connectivity index (χ2n) is 12.4. The molecule has 1 spiro atoms. The van der Waals surface area contributed by atoms with Crippen LogP contribution in [0, 0.1) is 11.8 Å². The number of likely N-dealkylation sites (N-methyl/N-ethyl adjacent to an activating group) is 1. The molecule has 1 aliphatic heterocycles. The molecule has 11 heteroatoms. The van der Waals surface area contributed by atoms with E-state index in [1.807, 2.05) is 25.1 Å². The lowest BCUT2D eigenvalue weighted by Crippen LogP contribution is -2.60. The van der Waals surface area contributed by atoms with E-state index in [-0.39, 0.29) is 35.8 Å². The number of hydrogen-bond acceptors (Lipinski definition) is 10. The van der Waals surface area contributed by atoms with Crippen LogP contribution in [0.4, 0.5) is 4.39 Å². The summed E-state index contributed by atoms with van der Waals surface area (Å²) in [6.07, 6.45) is 0.351. The van der Waals surface area contributed by atoms with Gasteiger partial charge in [0.05, 0.1) is 18.7 Å². The van der Waals surface area contributed by atoms with Gasteiger partial charge in [-0.1, -0.05) is 37.3 Å². The Kier molecular flexibility index (Phi) is 7.16. The number of aromatic hydroxyl groups is 1. The van der Waals surface area contributed by atoms with Crippen molar-refractivity contribution in [1.82, 2.24) is 9.80 Å². The van der Waals surface area contributed by atoms with Crippen LogP contribution in [0.5, 0.6) is 11.5 Å². The molecule has 0 radical (unpaired) electrons. The van der Waals surface area contributed by atoms with Gasteiger partial charge < -0.3 is 29.9 Å². The number of carbonyl (C=O) groups is 2. The minimum atomic E-state index is -2.67. The molecule has 10 nitrogen and oxygen atoms in total. The van der Waals surface area contributed by atoms with E-state index in [0.717, 1.165) is 5.56 Å². The number of benzene rings is 2. The van der Waals surface area contributed by atoms with E-state index >= 15 is 0 Å². The number of phenols is 1.